The van der Waals surface area contributed by atoms with Crippen LogP contribution >= 0.6 is 0 Å². The van der Waals surface area contributed by atoms with Gasteiger partial charge in [0.2, 0.25) is 0 Å². The van der Waals surface area contributed by atoms with Crippen LogP contribution in [0.25, 0.3) is 0 Å². The fraction of sp³-hybridized carbons (Fsp3) is 0.952. The van der Waals surface area contributed by atoms with Gasteiger partial charge in [-0.3, -0.25) is 4.79 Å². The van der Waals surface area contributed by atoms with E-state index in [4.69, 9.17) is 23.7 Å². The van der Waals surface area contributed by atoms with Crippen molar-refractivity contribution in [3.63, 3.8) is 0 Å². The zero-order valence-electron chi connectivity index (χ0n) is 17.7. The average molecular weight is 389 g/mol. The minimum Gasteiger partial charge on any atom is -0.381 e. The van der Waals surface area contributed by atoms with E-state index in [0.29, 0.717) is 32.8 Å². The van der Waals surface area contributed by atoms with Gasteiger partial charge in [0.1, 0.15) is 12.9 Å². The van der Waals surface area contributed by atoms with Crippen molar-refractivity contribution in [2.24, 2.45) is 5.92 Å². The Kier molecular flexibility index (Phi) is 14.0. The first-order valence-electron chi connectivity index (χ1n) is 10.6. The predicted molar refractivity (Wildman–Crippen MR) is 105 cm³/mol. The number of hydrogen-bond donors (Lipinski definition) is 0. The molecule has 6 heteroatoms. The number of ketones is 1. The number of hydrogen-bond acceptors (Lipinski definition) is 6. The van der Waals surface area contributed by atoms with E-state index in [2.05, 4.69) is 20.8 Å². The standard InChI is InChI=1S/C21H40O6/c1-5-8-11-24-15-17-20(22)18(27-16-23-4)14-19(25-12-9-6-2)21(17)26-13-10-7-3/h17-19,21H,5-16H2,1-4H3/t17-,18-,19+,21+/m0/s1. The van der Waals surface area contributed by atoms with Crippen molar-refractivity contribution in [2.45, 2.75) is 84.0 Å². The highest BCUT2D eigenvalue weighted by molar-refractivity contribution is 5.87. The average Bonchev–Trinajstić information content (AvgIpc) is 2.67. The maximum Gasteiger partial charge on any atom is 0.169 e. The van der Waals surface area contributed by atoms with Crippen LogP contribution in [0.1, 0.15) is 65.7 Å². The molecule has 0 bridgehead atoms. The molecular formula is C21H40O6. The van der Waals surface area contributed by atoms with E-state index in [9.17, 15) is 4.79 Å². The fourth-order valence-corrected chi connectivity index (χ4v) is 3.18. The lowest BCUT2D eigenvalue weighted by atomic mass is 9.81. The van der Waals surface area contributed by atoms with Crippen molar-refractivity contribution in [1.29, 1.82) is 0 Å². The van der Waals surface area contributed by atoms with Gasteiger partial charge in [-0.15, -0.1) is 0 Å². The molecule has 0 radical (unpaired) electrons. The van der Waals surface area contributed by atoms with Crippen molar-refractivity contribution >= 4 is 5.78 Å². The number of Topliss-reactive ketones (excluding diaryl/α,β-unsaturated/α-hetero) is 1. The van der Waals surface area contributed by atoms with Crippen LogP contribution in [0.2, 0.25) is 0 Å². The van der Waals surface area contributed by atoms with Crippen LogP contribution in [0.15, 0.2) is 0 Å². The molecule has 1 saturated carbocycles. The van der Waals surface area contributed by atoms with Gasteiger partial charge in [0, 0.05) is 33.4 Å². The van der Waals surface area contributed by atoms with Gasteiger partial charge in [0.25, 0.3) is 0 Å². The molecule has 1 aliphatic carbocycles. The zero-order chi connectivity index (χ0) is 19.9. The van der Waals surface area contributed by atoms with E-state index in [1.54, 1.807) is 7.11 Å². The third kappa shape index (κ3) is 9.01. The molecule has 160 valence electrons. The largest absolute Gasteiger partial charge is 0.381 e. The Morgan fingerprint density at radius 2 is 1.52 bits per heavy atom. The van der Waals surface area contributed by atoms with Gasteiger partial charge in [-0.1, -0.05) is 40.0 Å². The van der Waals surface area contributed by atoms with Crippen LogP contribution in [0.3, 0.4) is 0 Å². The Morgan fingerprint density at radius 1 is 0.889 bits per heavy atom. The van der Waals surface area contributed by atoms with E-state index in [1.165, 1.54) is 0 Å². The van der Waals surface area contributed by atoms with E-state index in [1.807, 2.05) is 0 Å². The van der Waals surface area contributed by atoms with Crippen LogP contribution < -0.4 is 0 Å². The maximum absolute atomic E-state index is 13.0. The SMILES string of the molecule is CCCCOC[C@H]1C(=O)[C@@H](OCOC)C[C@@H](OCCCC)[C@@H]1OCCCC. The highest BCUT2D eigenvalue weighted by atomic mass is 16.7. The molecule has 0 unspecified atom stereocenters. The smallest absolute Gasteiger partial charge is 0.169 e. The lowest BCUT2D eigenvalue weighted by Crippen LogP contribution is -2.54. The summed E-state index contributed by atoms with van der Waals surface area (Å²) in [4.78, 5) is 13.0. The molecular weight excluding hydrogens is 348 g/mol. The first kappa shape index (κ1) is 24.5. The van der Waals surface area contributed by atoms with Gasteiger partial charge in [0.05, 0.1) is 24.7 Å². The molecule has 0 spiro atoms. The second-order valence-corrected chi connectivity index (χ2v) is 7.19. The van der Waals surface area contributed by atoms with E-state index < -0.39 is 6.10 Å². The van der Waals surface area contributed by atoms with Crippen molar-refractivity contribution in [2.75, 3.05) is 40.3 Å². The normalized spacial score (nSPS) is 25.9. The molecule has 0 aliphatic heterocycles. The molecule has 0 heterocycles. The first-order valence-corrected chi connectivity index (χ1v) is 10.6. The molecule has 1 fully saturated rings. The number of rotatable bonds is 16. The van der Waals surface area contributed by atoms with Gasteiger partial charge < -0.3 is 23.7 Å². The summed E-state index contributed by atoms with van der Waals surface area (Å²) in [5, 5.41) is 0. The second kappa shape index (κ2) is 15.4. The van der Waals surface area contributed by atoms with Crippen molar-refractivity contribution in [3.05, 3.63) is 0 Å². The van der Waals surface area contributed by atoms with Gasteiger partial charge in [-0.05, 0) is 19.3 Å². The molecule has 1 rings (SSSR count). The molecule has 27 heavy (non-hydrogen) atoms. The highest BCUT2D eigenvalue weighted by Crippen LogP contribution is 2.30. The summed E-state index contributed by atoms with van der Waals surface area (Å²) in [7, 11) is 1.56. The monoisotopic (exact) mass is 388 g/mol. The number of carbonyl (C=O) groups is 1. The van der Waals surface area contributed by atoms with Crippen molar-refractivity contribution in [1.82, 2.24) is 0 Å². The third-order valence-electron chi connectivity index (χ3n) is 4.86. The molecule has 0 saturated heterocycles. The summed E-state index contributed by atoms with van der Waals surface area (Å²) in [6, 6.07) is 0. The van der Waals surface area contributed by atoms with Gasteiger partial charge in [-0.2, -0.15) is 0 Å². The Balaban J connectivity index is 2.84. The number of unbranched alkanes of at least 4 members (excludes halogenated alkanes) is 3. The van der Waals surface area contributed by atoms with Gasteiger partial charge in [0.15, 0.2) is 5.78 Å². The Bertz CT molecular complexity index is 376. The summed E-state index contributed by atoms with van der Waals surface area (Å²) >= 11 is 0. The van der Waals surface area contributed by atoms with E-state index in [-0.39, 0.29) is 30.7 Å². The topological polar surface area (TPSA) is 63.2 Å². The molecule has 4 atom stereocenters. The second-order valence-electron chi connectivity index (χ2n) is 7.19. The summed E-state index contributed by atoms with van der Waals surface area (Å²) in [6.07, 6.45) is 5.69. The van der Waals surface area contributed by atoms with Crippen LogP contribution in [0.5, 0.6) is 0 Å². The molecule has 6 nitrogen and oxygen atoms in total. The van der Waals surface area contributed by atoms with Crippen molar-refractivity contribution in [3.8, 4) is 0 Å². The van der Waals surface area contributed by atoms with Gasteiger partial charge in [-0.25, -0.2) is 0 Å². The molecule has 0 aromatic carbocycles. The predicted octanol–water partition coefficient (Wildman–Crippen LogP) is 3.75. The zero-order valence-corrected chi connectivity index (χ0v) is 17.7. The Morgan fingerprint density at radius 3 is 2.15 bits per heavy atom. The van der Waals surface area contributed by atoms with Gasteiger partial charge >= 0.3 is 0 Å². The lowest BCUT2D eigenvalue weighted by molar-refractivity contribution is -0.184. The molecule has 0 amide bonds. The first-order chi connectivity index (χ1) is 13.2. The third-order valence-corrected chi connectivity index (χ3v) is 4.86. The summed E-state index contributed by atoms with van der Waals surface area (Å²) in [6.45, 7) is 8.81. The molecule has 1 aliphatic rings. The fourth-order valence-electron chi connectivity index (χ4n) is 3.18. The van der Waals surface area contributed by atoms with Crippen LogP contribution in [-0.2, 0) is 28.5 Å². The minimum absolute atomic E-state index is 0.0420. The quantitative estimate of drug-likeness (QED) is 0.296. The van der Waals surface area contributed by atoms with E-state index >= 15 is 0 Å². The number of methoxy groups -OCH3 is 1. The summed E-state index contributed by atoms with van der Waals surface area (Å²) in [5.41, 5.74) is 0. The molecule has 0 N–H and O–H groups in total. The van der Waals surface area contributed by atoms with Crippen LogP contribution in [-0.4, -0.2) is 64.4 Å². The summed E-state index contributed by atoms with van der Waals surface area (Å²) in [5.74, 6) is -0.318. The highest BCUT2D eigenvalue weighted by Gasteiger charge is 2.46. The van der Waals surface area contributed by atoms with Crippen LogP contribution in [0, 0.1) is 5.92 Å². The summed E-state index contributed by atoms with van der Waals surface area (Å²) < 4.78 is 28.7. The molecule has 0 aromatic rings. The Labute approximate surface area is 165 Å². The minimum atomic E-state index is -0.526. The number of ether oxygens (including phenoxy) is 5. The number of carbonyl (C=O) groups excluding carboxylic acids is 1. The van der Waals surface area contributed by atoms with Crippen molar-refractivity contribution < 1.29 is 28.5 Å². The van der Waals surface area contributed by atoms with E-state index in [0.717, 1.165) is 38.5 Å². The Hall–Kier alpha value is -0.530. The lowest BCUT2D eigenvalue weighted by Gasteiger charge is -2.40. The molecule has 0 aromatic heterocycles. The maximum atomic E-state index is 13.0. The van der Waals surface area contributed by atoms with Crippen LogP contribution in [0.4, 0.5) is 0 Å².